The topological polar surface area (TPSA) is 58.9 Å². The second-order valence-electron chi connectivity index (χ2n) is 3.18. The van der Waals surface area contributed by atoms with Crippen LogP contribution in [0.5, 0.6) is 0 Å². The van der Waals surface area contributed by atoms with Gasteiger partial charge in [0.1, 0.15) is 0 Å². The lowest BCUT2D eigenvalue weighted by molar-refractivity contribution is 0.484. The van der Waals surface area contributed by atoms with Gasteiger partial charge in [0.2, 0.25) is 12.2 Å². The molecule has 4 nitrogen and oxygen atoms in total. The lowest BCUT2D eigenvalue weighted by atomic mass is 10.0. The van der Waals surface area contributed by atoms with Gasteiger partial charge in [-0.2, -0.15) is 0 Å². The van der Waals surface area contributed by atoms with E-state index >= 15 is 0 Å². The first-order chi connectivity index (χ1) is 6.20. The molecule has 0 bridgehead atoms. The Kier molecular flexibility index (Phi) is 6.70. The summed E-state index contributed by atoms with van der Waals surface area (Å²) in [6.07, 6.45) is 4.75. The van der Waals surface area contributed by atoms with E-state index in [1.165, 1.54) is 12.2 Å². The summed E-state index contributed by atoms with van der Waals surface area (Å²) in [4.78, 5) is 26.7. The highest BCUT2D eigenvalue weighted by Gasteiger charge is 2.04. The van der Waals surface area contributed by atoms with E-state index in [1.54, 1.807) is 0 Å². The fraction of sp³-hybridized carbons (Fsp3) is 0.778. The van der Waals surface area contributed by atoms with Gasteiger partial charge < -0.3 is 0 Å². The lowest BCUT2D eigenvalue weighted by Crippen LogP contribution is -2.04. The third-order valence-corrected chi connectivity index (χ3v) is 1.82. The van der Waals surface area contributed by atoms with Crippen molar-refractivity contribution in [3.8, 4) is 0 Å². The molecule has 0 spiro atoms. The average Bonchev–Trinajstić information content (AvgIpc) is 2.12. The molecule has 4 heteroatoms. The number of aliphatic imine (C=N–C) groups is 2. The summed E-state index contributed by atoms with van der Waals surface area (Å²) in [6.45, 7) is 4.36. The molecule has 0 saturated carbocycles. The van der Waals surface area contributed by atoms with Crippen molar-refractivity contribution >= 4 is 12.2 Å². The molecule has 0 amide bonds. The molecular weight excluding hydrogens is 168 g/mol. The molecule has 72 valence electrons. The van der Waals surface area contributed by atoms with E-state index in [0.717, 1.165) is 12.8 Å². The monoisotopic (exact) mass is 182 g/mol. The minimum absolute atomic E-state index is 0.0140. The molecule has 0 saturated heterocycles. The van der Waals surface area contributed by atoms with Crippen molar-refractivity contribution in [3.63, 3.8) is 0 Å². The van der Waals surface area contributed by atoms with Crippen LogP contribution in [0.25, 0.3) is 0 Å². The first kappa shape index (κ1) is 11.8. The quantitative estimate of drug-likeness (QED) is 0.461. The van der Waals surface area contributed by atoms with Crippen LogP contribution in [-0.4, -0.2) is 24.7 Å². The van der Waals surface area contributed by atoms with Gasteiger partial charge in [0.25, 0.3) is 0 Å². The summed E-state index contributed by atoms with van der Waals surface area (Å²) in [5.74, 6) is 0.339. The Morgan fingerprint density at radius 3 is 2.38 bits per heavy atom. The largest absolute Gasteiger partial charge is 0.235 e. The van der Waals surface area contributed by atoms with Gasteiger partial charge in [0, 0.05) is 0 Å². The number of nitrogens with zero attached hydrogens (tertiary/aromatic N) is 2. The highest BCUT2D eigenvalue weighted by Crippen LogP contribution is 2.09. The Hall–Kier alpha value is -1.24. The molecule has 0 aromatic heterocycles. The zero-order valence-corrected chi connectivity index (χ0v) is 7.99. The molecule has 0 aromatic rings. The molecule has 0 N–H and O–H groups in total. The van der Waals surface area contributed by atoms with Crippen LogP contribution in [0.3, 0.4) is 0 Å². The van der Waals surface area contributed by atoms with Crippen molar-refractivity contribution in [2.45, 2.75) is 32.7 Å². The standard InChI is InChI=1S/C9H14N2O2/c1-8(5-10-6-12)3-4-9(2)11-7-13/h8-9H,3-5H2,1-2H3. The molecule has 2 unspecified atom stereocenters. The zero-order chi connectivity index (χ0) is 10.1. The van der Waals surface area contributed by atoms with Crippen LogP contribution in [0.1, 0.15) is 26.7 Å². The predicted molar refractivity (Wildman–Crippen MR) is 49.0 cm³/mol. The van der Waals surface area contributed by atoms with Gasteiger partial charge in [-0.05, 0) is 25.7 Å². The van der Waals surface area contributed by atoms with Crippen LogP contribution in [0.2, 0.25) is 0 Å². The predicted octanol–water partition coefficient (Wildman–Crippen LogP) is 1.46. The smallest absolute Gasteiger partial charge is 0.211 e. The van der Waals surface area contributed by atoms with Gasteiger partial charge in [-0.3, -0.25) is 0 Å². The number of carbonyl (C=O) groups excluding carboxylic acids is 2. The Bertz CT molecular complexity index is 228. The molecular formula is C9H14N2O2. The number of hydrogen-bond acceptors (Lipinski definition) is 4. The number of rotatable bonds is 6. The molecule has 13 heavy (non-hydrogen) atoms. The van der Waals surface area contributed by atoms with E-state index in [1.807, 2.05) is 13.8 Å². The maximum Gasteiger partial charge on any atom is 0.235 e. The van der Waals surface area contributed by atoms with Gasteiger partial charge >= 0.3 is 0 Å². The zero-order valence-electron chi connectivity index (χ0n) is 7.99. The fourth-order valence-electron chi connectivity index (χ4n) is 0.965. The Balaban J connectivity index is 3.62. The molecule has 0 fully saturated rings. The summed E-state index contributed by atoms with van der Waals surface area (Å²) in [5, 5.41) is 0. The second-order valence-corrected chi connectivity index (χ2v) is 3.18. The van der Waals surface area contributed by atoms with Crippen LogP contribution in [0, 0.1) is 5.92 Å². The molecule has 0 radical (unpaired) electrons. The molecule has 0 heterocycles. The van der Waals surface area contributed by atoms with E-state index in [0.29, 0.717) is 12.5 Å². The minimum Gasteiger partial charge on any atom is -0.211 e. The van der Waals surface area contributed by atoms with Crippen LogP contribution >= 0.6 is 0 Å². The van der Waals surface area contributed by atoms with E-state index in [2.05, 4.69) is 9.98 Å². The maximum absolute atomic E-state index is 9.87. The maximum atomic E-state index is 9.87. The van der Waals surface area contributed by atoms with Crippen molar-refractivity contribution in [1.29, 1.82) is 0 Å². The average molecular weight is 182 g/mol. The number of isocyanates is 2. The first-order valence-electron chi connectivity index (χ1n) is 4.31. The van der Waals surface area contributed by atoms with Crippen LogP contribution < -0.4 is 0 Å². The fourth-order valence-corrected chi connectivity index (χ4v) is 0.965. The van der Waals surface area contributed by atoms with Gasteiger partial charge in [-0.25, -0.2) is 19.6 Å². The number of hydrogen-bond donors (Lipinski definition) is 0. The van der Waals surface area contributed by atoms with Gasteiger partial charge in [0.05, 0.1) is 12.6 Å². The lowest BCUT2D eigenvalue weighted by Gasteiger charge is -2.08. The molecule has 0 rings (SSSR count). The Labute approximate surface area is 77.8 Å². The SMILES string of the molecule is CC(CCC(C)N=C=O)CN=C=O. The van der Waals surface area contributed by atoms with Crippen molar-refractivity contribution in [2.24, 2.45) is 15.9 Å². The van der Waals surface area contributed by atoms with E-state index in [-0.39, 0.29) is 6.04 Å². The van der Waals surface area contributed by atoms with Gasteiger partial charge in [0.15, 0.2) is 0 Å². The van der Waals surface area contributed by atoms with E-state index in [4.69, 9.17) is 0 Å². The van der Waals surface area contributed by atoms with Crippen molar-refractivity contribution in [2.75, 3.05) is 6.54 Å². The van der Waals surface area contributed by atoms with Crippen LogP contribution in [-0.2, 0) is 9.59 Å². The van der Waals surface area contributed by atoms with Crippen LogP contribution in [0.15, 0.2) is 9.98 Å². The highest BCUT2D eigenvalue weighted by atomic mass is 16.1. The van der Waals surface area contributed by atoms with Crippen molar-refractivity contribution in [3.05, 3.63) is 0 Å². The van der Waals surface area contributed by atoms with Gasteiger partial charge in [-0.1, -0.05) is 6.92 Å². The van der Waals surface area contributed by atoms with E-state index in [9.17, 15) is 9.59 Å². The van der Waals surface area contributed by atoms with Gasteiger partial charge in [-0.15, -0.1) is 0 Å². The minimum atomic E-state index is 0.0140. The first-order valence-corrected chi connectivity index (χ1v) is 4.31. The Morgan fingerprint density at radius 2 is 1.85 bits per heavy atom. The molecule has 2 atom stereocenters. The summed E-state index contributed by atoms with van der Waals surface area (Å²) in [6, 6.07) is 0.0140. The highest BCUT2D eigenvalue weighted by molar-refractivity contribution is 5.33. The molecule has 0 aliphatic carbocycles. The molecule has 0 aliphatic rings. The van der Waals surface area contributed by atoms with Crippen LogP contribution in [0.4, 0.5) is 0 Å². The molecule has 0 aliphatic heterocycles. The molecule has 0 aromatic carbocycles. The summed E-state index contributed by atoms with van der Waals surface area (Å²) in [7, 11) is 0. The third-order valence-electron chi connectivity index (χ3n) is 1.82. The summed E-state index contributed by atoms with van der Waals surface area (Å²) in [5.41, 5.74) is 0. The van der Waals surface area contributed by atoms with E-state index < -0.39 is 0 Å². The van der Waals surface area contributed by atoms with Crippen molar-refractivity contribution < 1.29 is 9.59 Å². The third kappa shape index (κ3) is 7.13. The Morgan fingerprint density at radius 1 is 1.15 bits per heavy atom. The van der Waals surface area contributed by atoms with Crippen molar-refractivity contribution in [1.82, 2.24) is 0 Å². The summed E-state index contributed by atoms with van der Waals surface area (Å²) >= 11 is 0. The summed E-state index contributed by atoms with van der Waals surface area (Å²) < 4.78 is 0. The second kappa shape index (κ2) is 7.41. The normalized spacial score (nSPS) is 13.7.